The molecule has 1 aromatic carbocycles. The van der Waals surface area contributed by atoms with Crippen molar-refractivity contribution in [1.82, 2.24) is 0 Å². The first-order valence-corrected chi connectivity index (χ1v) is 14.6. The van der Waals surface area contributed by atoms with Gasteiger partial charge in [-0.15, -0.1) is 0 Å². The van der Waals surface area contributed by atoms with Crippen LogP contribution in [0.4, 0.5) is 0 Å². The quantitative estimate of drug-likeness (QED) is 0.170. The van der Waals surface area contributed by atoms with E-state index in [0.717, 1.165) is 44.9 Å². The third-order valence-corrected chi connectivity index (χ3v) is 7.68. The zero-order chi connectivity index (χ0) is 30.6. The lowest BCUT2D eigenvalue weighted by Gasteiger charge is -2.29. The second-order valence-electron chi connectivity index (χ2n) is 11.8. The largest absolute Gasteiger partial charge is 0.508 e. The Balaban J connectivity index is 1.86. The van der Waals surface area contributed by atoms with Crippen LogP contribution in [-0.2, 0) is 30.2 Å². The number of carbonyl (C=O) groups excluding carboxylic acids is 2. The lowest BCUT2D eigenvalue weighted by Crippen LogP contribution is -2.37. The number of hydrogen-bond acceptors (Lipinski definition) is 7. The van der Waals surface area contributed by atoms with Gasteiger partial charge < -0.3 is 24.1 Å². The minimum absolute atomic E-state index is 0.00951. The molecule has 228 valence electrons. The van der Waals surface area contributed by atoms with Crippen LogP contribution in [0.1, 0.15) is 109 Å². The van der Waals surface area contributed by atoms with Gasteiger partial charge in [0.2, 0.25) is 0 Å². The van der Waals surface area contributed by atoms with Gasteiger partial charge in [0.15, 0.2) is 5.79 Å². The SMILES string of the molecule is COC(=O)C/C=C(/C)CCC[C@@]1(C)OC(C)(C)O[C@H]1CC/C(C)=C/CC/C(C)=C/Cc1cc(C(=O)OC)ccc1O. The Morgan fingerprint density at radius 3 is 2.32 bits per heavy atom. The van der Waals surface area contributed by atoms with Gasteiger partial charge in [-0.3, -0.25) is 4.79 Å². The molecule has 1 aliphatic heterocycles. The first-order chi connectivity index (χ1) is 19.3. The number of phenolic OH excluding ortho intramolecular Hbond substituents is 1. The first-order valence-electron chi connectivity index (χ1n) is 14.6. The van der Waals surface area contributed by atoms with Gasteiger partial charge in [0, 0.05) is 0 Å². The van der Waals surface area contributed by atoms with Gasteiger partial charge in [-0.1, -0.05) is 34.9 Å². The molecule has 0 radical (unpaired) electrons. The van der Waals surface area contributed by atoms with Crippen molar-refractivity contribution in [2.24, 2.45) is 0 Å². The van der Waals surface area contributed by atoms with Gasteiger partial charge >= 0.3 is 11.9 Å². The predicted octanol–water partition coefficient (Wildman–Crippen LogP) is 7.76. The van der Waals surface area contributed by atoms with E-state index in [1.807, 2.05) is 19.9 Å². The van der Waals surface area contributed by atoms with Crippen LogP contribution < -0.4 is 0 Å². The molecular formula is C34H50O7. The Bertz CT molecular complexity index is 1130. The Morgan fingerprint density at radius 2 is 1.63 bits per heavy atom. The summed E-state index contributed by atoms with van der Waals surface area (Å²) in [6.07, 6.45) is 13.7. The molecule has 0 aromatic heterocycles. The number of benzene rings is 1. The van der Waals surface area contributed by atoms with E-state index in [1.54, 1.807) is 12.1 Å². The summed E-state index contributed by atoms with van der Waals surface area (Å²) < 4.78 is 22.2. The number of methoxy groups -OCH3 is 2. The van der Waals surface area contributed by atoms with Crippen molar-refractivity contribution in [2.45, 2.75) is 117 Å². The maximum atomic E-state index is 11.8. The molecule has 2 rings (SSSR count). The van der Waals surface area contributed by atoms with Crippen molar-refractivity contribution in [3.63, 3.8) is 0 Å². The van der Waals surface area contributed by atoms with E-state index in [-0.39, 0.29) is 23.4 Å². The van der Waals surface area contributed by atoms with Crippen LogP contribution in [0.5, 0.6) is 5.75 Å². The Morgan fingerprint density at radius 1 is 0.951 bits per heavy atom. The van der Waals surface area contributed by atoms with Crippen LogP contribution in [0.25, 0.3) is 0 Å². The normalized spacial score (nSPS) is 21.2. The second kappa shape index (κ2) is 15.9. The molecule has 7 nitrogen and oxygen atoms in total. The molecule has 0 amide bonds. The summed E-state index contributed by atoms with van der Waals surface area (Å²) in [6.45, 7) is 12.4. The molecule has 41 heavy (non-hydrogen) atoms. The molecule has 0 unspecified atom stereocenters. The van der Waals surface area contributed by atoms with Crippen molar-refractivity contribution < 1.29 is 33.6 Å². The van der Waals surface area contributed by atoms with Gasteiger partial charge in [-0.25, -0.2) is 4.79 Å². The van der Waals surface area contributed by atoms with Crippen molar-refractivity contribution in [1.29, 1.82) is 0 Å². The summed E-state index contributed by atoms with van der Waals surface area (Å²) in [5.74, 6) is -1.07. The highest BCUT2D eigenvalue weighted by atomic mass is 16.8. The molecule has 0 bridgehead atoms. The number of carbonyl (C=O) groups is 2. The Kier molecular flexibility index (Phi) is 13.3. The minimum atomic E-state index is -0.612. The standard InChI is InChI=1S/C34H50O7/c1-24(14-17-27-23-28(32(37)39-8)18-19-29(27)35)11-9-12-25(2)15-20-30-34(6,41-33(4,5)40-30)22-10-13-26(3)16-21-31(36)38-7/h12,14,16,18-19,23,30,35H,9-11,13,15,17,20-22H2,1-8H3/b24-14+,25-12+,26-16-/t30-,34+/m0/s1. The van der Waals surface area contributed by atoms with Crippen molar-refractivity contribution in [3.8, 4) is 5.75 Å². The number of esters is 2. The number of rotatable bonds is 15. The summed E-state index contributed by atoms with van der Waals surface area (Å²) in [7, 11) is 2.76. The monoisotopic (exact) mass is 570 g/mol. The fourth-order valence-electron chi connectivity index (χ4n) is 5.24. The molecule has 1 N–H and O–H groups in total. The van der Waals surface area contributed by atoms with E-state index in [4.69, 9.17) is 18.9 Å². The number of aromatic hydroxyl groups is 1. The summed E-state index contributed by atoms with van der Waals surface area (Å²) in [5.41, 5.74) is 4.53. The van der Waals surface area contributed by atoms with Crippen LogP contribution in [0.2, 0.25) is 0 Å². The van der Waals surface area contributed by atoms with E-state index in [1.165, 1.54) is 37.0 Å². The molecule has 1 fully saturated rings. The molecule has 2 atom stereocenters. The van der Waals surface area contributed by atoms with E-state index in [2.05, 4.69) is 39.8 Å². The van der Waals surface area contributed by atoms with Gasteiger partial charge in [0.05, 0.1) is 37.9 Å². The van der Waals surface area contributed by atoms with Gasteiger partial charge in [-0.2, -0.15) is 0 Å². The van der Waals surface area contributed by atoms with Crippen molar-refractivity contribution in [3.05, 3.63) is 64.3 Å². The van der Waals surface area contributed by atoms with Crippen LogP contribution in [0.3, 0.4) is 0 Å². The molecule has 0 aliphatic carbocycles. The van der Waals surface area contributed by atoms with Gasteiger partial charge in [-0.05, 0) is 117 Å². The van der Waals surface area contributed by atoms with E-state index in [0.29, 0.717) is 24.0 Å². The van der Waals surface area contributed by atoms with Crippen LogP contribution >= 0.6 is 0 Å². The topological polar surface area (TPSA) is 91.3 Å². The number of ether oxygens (including phenoxy) is 4. The molecule has 1 aromatic rings. The summed E-state index contributed by atoms with van der Waals surface area (Å²) >= 11 is 0. The van der Waals surface area contributed by atoms with E-state index < -0.39 is 11.8 Å². The molecular weight excluding hydrogens is 520 g/mol. The Labute approximate surface area is 246 Å². The molecule has 1 saturated heterocycles. The third kappa shape index (κ3) is 11.5. The third-order valence-electron chi connectivity index (χ3n) is 7.68. The van der Waals surface area contributed by atoms with Gasteiger partial charge in [0.1, 0.15) is 5.75 Å². The average Bonchev–Trinajstić information content (AvgIpc) is 3.16. The van der Waals surface area contributed by atoms with E-state index >= 15 is 0 Å². The van der Waals surface area contributed by atoms with Crippen LogP contribution in [0, 0.1) is 0 Å². The molecule has 1 heterocycles. The maximum absolute atomic E-state index is 11.8. The highest BCUT2D eigenvalue weighted by molar-refractivity contribution is 5.89. The number of hydrogen-bond donors (Lipinski definition) is 1. The smallest absolute Gasteiger partial charge is 0.337 e. The summed E-state index contributed by atoms with van der Waals surface area (Å²) in [4.78, 5) is 23.2. The fraction of sp³-hybridized carbons (Fsp3) is 0.588. The number of allylic oxidation sites excluding steroid dienone is 5. The lowest BCUT2D eigenvalue weighted by molar-refractivity contribution is -0.161. The highest BCUT2D eigenvalue weighted by Gasteiger charge is 2.49. The molecule has 7 heteroatoms. The van der Waals surface area contributed by atoms with Crippen LogP contribution in [-0.4, -0.2) is 48.8 Å². The van der Waals surface area contributed by atoms with Gasteiger partial charge in [0.25, 0.3) is 0 Å². The highest BCUT2D eigenvalue weighted by Crippen LogP contribution is 2.42. The molecule has 0 saturated carbocycles. The van der Waals surface area contributed by atoms with Crippen molar-refractivity contribution in [2.75, 3.05) is 14.2 Å². The summed E-state index contributed by atoms with van der Waals surface area (Å²) in [6, 6.07) is 4.78. The lowest BCUT2D eigenvalue weighted by atomic mass is 9.88. The molecule has 0 spiro atoms. The second-order valence-corrected chi connectivity index (χ2v) is 11.8. The zero-order valence-corrected chi connectivity index (χ0v) is 26.3. The van der Waals surface area contributed by atoms with Crippen LogP contribution in [0.15, 0.2) is 53.1 Å². The predicted molar refractivity (Wildman–Crippen MR) is 162 cm³/mol. The Hall–Kier alpha value is -2.90. The van der Waals surface area contributed by atoms with Crippen molar-refractivity contribution >= 4 is 11.9 Å². The minimum Gasteiger partial charge on any atom is -0.508 e. The fourth-order valence-corrected chi connectivity index (χ4v) is 5.24. The first kappa shape index (κ1) is 34.3. The summed E-state index contributed by atoms with van der Waals surface area (Å²) in [5, 5.41) is 10.2. The maximum Gasteiger partial charge on any atom is 0.337 e. The number of phenols is 1. The van der Waals surface area contributed by atoms with E-state index in [9.17, 15) is 14.7 Å². The molecule has 1 aliphatic rings. The zero-order valence-electron chi connectivity index (χ0n) is 26.3. The average molecular weight is 571 g/mol.